The van der Waals surface area contributed by atoms with Crippen LogP contribution in [0, 0.1) is 5.41 Å². The normalized spacial score (nSPS) is 13.9. The number of alkyl halides is 1. The molecule has 0 saturated heterocycles. The van der Waals surface area contributed by atoms with Crippen LogP contribution in [0.5, 0.6) is 0 Å². The monoisotopic (exact) mass is 399 g/mol. The summed E-state index contributed by atoms with van der Waals surface area (Å²) in [6, 6.07) is 9.70. The molecule has 0 aliphatic carbocycles. The van der Waals surface area contributed by atoms with Crippen molar-refractivity contribution in [3.05, 3.63) is 35.9 Å². The van der Waals surface area contributed by atoms with Gasteiger partial charge in [0.1, 0.15) is 10.9 Å². The standard InChI is InChI=1S/C18H26BrNO4/c1-17(2,13-18(3,19)16(22)24-11-10-23-4)15(21)20-12-14-8-6-5-7-9-14/h5-9H,10-13H2,1-4H3,(H,20,21). The van der Waals surface area contributed by atoms with Crippen molar-refractivity contribution in [1.29, 1.82) is 0 Å². The van der Waals surface area contributed by atoms with E-state index in [1.54, 1.807) is 14.0 Å². The molecule has 0 fully saturated rings. The first kappa shape index (κ1) is 20.6. The van der Waals surface area contributed by atoms with Crippen LogP contribution in [0.2, 0.25) is 0 Å². The smallest absolute Gasteiger partial charge is 0.322 e. The first-order chi connectivity index (χ1) is 11.2. The fraction of sp³-hybridized carbons (Fsp3) is 0.556. The first-order valence-corrected chi connectivity index (χ1v) is 8.65. The zero-order chi connectivity index (χ0) is 18.2. The lowest BCUT2D eigenvalue weighted by Gasteiger charge is -2.31. The van der Waals surface area contributed by atoms with Gasteiger partial charge in [-0.3, -0.25) is 9.59 Å². The Labute approximate surface area is 152 Å². The first-order valence-electron chi connectivity index (χ1n) is 7.86. The number of halogens is 1. The van der Waals surface area contributed by atoms with Crippen molar-refractivity contribution < 1.29 is 19.1 Å². The number of ether oxygens (including phenoxy) is 2. The van der Waals surface area contributed by atoms with E-state index in [0.29, 0.717) is 19.6 Å². The number of nitrogens with one attached hydrogen (secondary N) is 1. The highest BCUT2D eigenvalue weighted by molar-refractivity contribution is 9.10. The molecule has 0 aliphatic heterocycles. The van der Waals surface area contributed by atoms with Crippen molar-refractivity contribution in [3.63, 3.8) is 0 Å². The predicted molar refractivity (Wildman–Crippen MR) is 96.9 cm³/mol. The zero-order valence-electron chi connectivity index (χ0n) is 14.7. The number of methoxy groups -OCH3 is 1. The Morgan fingerprint density at radius 3 is 2.33 bits per heavy atom. The third-order valence-electron chi connectivity index (χ3n) is 3.63. The van der Waals surface area contributed by atoms with Crippen molar-refractivity contribution in [1.82, 2.24) is 5.32 Å². The molecule has 6 heteroatoms. The Bertz CT molecular complexity index is 543. The van der Waals surface area contributed by atoms with Crippen LogP contribution < -0.4 is 5.32 Å². The van der Waals surface area contributed by atoms with E-state index in [4.69, 9.17) is 9.47 Å². The second-order valence-corrected chi connectivity index (χ2v) is 8.31. The molecule has 0 aromatic heterocycles. The van der Waals surface area contributed by atoms with Gasteiger partial charge < -0.3 is 14.8 Å². The molecule has 0 radical (unpaired) electrons. The average molecular weight is 400 g/mol. The van der Waals surface area contributed by atoms with Crippen LogP contribution in [0.15, 0.2) is 30.3 Å². The predicted octanol–water partition coefficient (Wildman–Crippen LogP) is 3.06. The molecule has 5 nitrogen and oxygen atoms in total. The summed E-state index contributed by atoms with van der Waals surface area (Å²) in [7, 11) is 1.54. The summed E-state index contributed by atoms with van der Waals surface area (Å²) in [4.78, 5) is 24.7. The van der Waals surface area contributed by atoms with Gasteiger partial charge >= 0.3 is 5.97 Å². The van der Waals surface area contributed by atoms with Crippen LogP contribution in [-0.4, -0.2) is 36.5 Å². The minimum absolute atomic E-state index is 0.110. The molecule has 0 bridgehead atoms. The number of hydrogen-bond acceptors (Lipinski definition) is 4. The van der Waals surface area contributed by atoms with Gasteiger partial charge in [0.2, 0.25) is 5.91 Å². The summed E-state index contributed by atoms with van der Waals surface area (Å²) in [5.74, 6) is -0.509. The van der Waals surface area contributed by atoms with E-state index < -0.39 is 15.7 Å². The SMILES string of the molecule is COCCOC(=O)C(C)(Br)CC(C)(C)C(=O)NCc1ccccc1. The van der Waals surface area contributed by atoms with Crippen LogP contribution in [0.3, 0.4) is 0 Å². The molecule has 1 aromatic rings. The average Bonchev–Trinajstić information content (AvgIpc) is 2.52. The van der Waals surface area contributed by atoms with Gasteiger partial charge in [-0.1, -0.05) is 60.1 Å². The van der Waals surface area contributed by atoms with Crippen LogP contribution in [-0.2, 0) is 25.6 Å². The van der Waals surface area contributed by atoms with Gasteiger partial charge in [-0.15, -0.1) is 0 Å². The highest BCUT2D eigenvalue weighted by atomic mass is 79.9. The minimum Gasteiger partial charge on any atom is -0.462 e. The topological polar surface area (TPSA) is 64.6 Å². The van der Waals surface area contributed by atoms with Crippen molar-refractivity contribution in [2.75, 3.05) is 20.3 Å². The van der Waals surface area contributed by atoms with E-state index >= 15 is 0 Å². The lowest BCUT2D eigenvalue weighted by atomic mass is 9.82. The van der Waals surface area contributed by atoms with Gasteiger partial charge in [0, 0.05) is 19.1 Å². The largest absolute Gasteiger partial charge is 0.462 e. The van der Waals surface area contributed by atoms with Crippen LogP contribution in [0.25, 0.3) is 0 Å². The molecule has 0 heterocycles. The second-order valence-electron chi connectivity index (χ2n) is 6.56. The van der Waals surface area contributed by atoms with Crippen LogP contribution in [0.1, 0.15) is 32.8 Å². The van der Waals surface area contributed by atoms with Gasteiger partial charge in [-0.05, 0) is 18.9 Å². The number of carbonyl (C=O) groups is 2. The summed E-state index contributed by atoms with van der Waals surface area (Å²) in [6.45, 7) is 6.34. The molecule has 1 aromatic carbocycles. The van der Waals surface area contributed by atoms with Crippen molar-refractivity contribution >= 4 is 27.8 Å². The molecule has 134 valence electrons. The van der Waals surface area contributed by atoms with E-state index in [0.717, 1.165) is 5.56 Å². The lowest BCUT2D eigenvalue weighted by Crippen LogP contribution is -2.43. The molecule has 1 rings (SSSR count). The molecule has 1 atom stereocenters. The Hall–Kier alpha value is -1.40. The van der Waals surface area contributed by atoms with E-state index in [1.807, 2.05) is 44.2 Å². The molecule has 0 spiro atoms. The third kappa shape index (κ3) is 6.61. The van der Waals surface area contributed by atoms with Crippen LogP contribution in [0.4, 0.5) is 0 Å². The maximum atomic E-state index is 12.5. The van der Waals surface area contributed by atoms with E-state index in [-0.39, 0.29) is 12.5 Å². The maximum Gasteiger partial charge on any atom is 0.322 e. The van der Waals surface area contributed by atoms with E-state index in [2.05, 4.69) is 21.2 Å². The van der Waals surface area contributed by atoms with E-state index in [1.165, 1.54) is 0 Å². The van der Waals surface area contributed by atoms with Gasteiger partial charge in [0.15, 0.2) is 0 Å². The Kier molecular flexibility index (Phi) is 7.90. The third-order valence-corrected chi connectivity index (χ3v) is 4.23. The van der Waals surface area contributed by atoms with Gasteiger partial charge in [-0.2, -0.15) is 0 Å². The van der Waals surface area contributed by atoms with Crippen molar-refractivity contribution in [2.24, 2.45) is 5.41 Å². The summed E-state index contributed by atoms with van der Waals surface area (Å²) in [5, 5.41) is 2.92. The number of esters is 1. The number of carbonyl (C=O) groups excluding carboxylic acids is 2. The fourth-order valence-corrected chi connectivity index (χ4v) is 3.18. The van der Waals surface area contributed by atoms with Crippen molar-refractivity contribution in [2.45, 2.75) is 38.1 Å². The van der Waals surface area contributed by atoms with Gasteiger partial charge in [-0.25, -0.2) is 0 Å². The van der Waals surface area contributed by atoms with Crippen LogP contribution >= 0.6 is 15.9 Å². The molecular weight excluding hydrogens is 374 g/mol. The minimum atomic E-state index is -0.936. The Morgan fingerprint density at radius 1 is 1.12 bits per heavy atom. The molecule has 0 aliphatic rings. The van der Waals surface area contributed by atoms with E-state index in [9.17, 15) is 9.59 Å². The molecule has 1 unspecified atom stereocenters. The number of hydrogen-bond donors (Lipinski definition) is 1. The molecular formula is C18H26BrNO4. The summed E-state index contributed by atoms with van der Waals surface area (Å²) < 4.78 is 9.08. The fourth-order valence-electron chi connectivity index (χ4n) is 2.37. The van der Waals surface area contributed by atoms with Gasteiger partial charge in [0.05, 0.1) is 6.61 Å². The summed E-state index contributed by atoms with van der Waals surface area (Å²) in [5.41, 5.74) is 0.301. The zero-order valence-corrected chi connectivity index (χ0v) is 16.3. The quantitative estimate of drug-likeness (QED) is 0.393. The number of amides is 1. The highest BCUT2D eigenvalue weighted by Gasteiger charge is 2.41. The maximum absolute atomic E-state index is 12.5. The molecule has 1 amide bonds. The molecule has 0 saturated carbocycles. The number of rotatable bonds is 9. The Balaban J connectivity index is 2.59. The van der Waals surface area contributed by atoms with Crippen molar-refractivity contribution in [3.8, 4) is 0 Å². The second kappa shape index (κ2) is 9.18. The highest BCUT2D eigenvalue weighted by Crippen LogP contribution is 2.35. The molecule has 1 N–H and O–H groups in total. The number of benzene rings is 1. The summed E-state index contributed by atoms with van der Waals surface area (Å²) >= 11 is 3.40. The van der Waals surface area contributed by atoms with Gasteiger partial charge in [0.25, 0.3) is 0 Å². The molecule has 24 heavy (non-hydrogen) atoms. The Morgan fingerprint density at radius 2 is 1.75 bits per heavy atom. The summed E-state index contributed by atoms with van der Waals surface area (Å²) in [6.07, 6.45) is 0.312. The lowest BCUT2D eigenvalue weighted by molar-refractivity contribution is -0.148.